The van der Waals surface area contributed by atoms with Gasteiger partial charge in [-0.3, -0.25) is 9.79 Å². The summed E-state index contributed by atoms with van der Waals surface area (Å²) in [5.41, 5.74) is 7.53. The Morgan fingerprint density at radius 2 is 2.08 bits per heavy atom. The molecule has 4 rings (SSSR count). The van der Waals surface area contributed by atoms with Crippen LogP contribution in [0.15, 0.2) is 75.8 Å². The smallest absolute Gasteiger partial charge is 0.383 e. The molecule has 1 amide bonds. The molecule has 0 radical (unpaired) electrons. The number of pyridine rings is 1. The van der Waals surface area contributed by atoms with Crippen LogP contribution in [-0.4, -0.2) is 48.0 Å². The van der Waals surface area contributed by atoms with Gasteiger partial charge in [-0.15, -0.1) is 0 Å². The third-order valence-corrected chi connectivity index (χ3v) is 5.62. The van der Waals surface area contributed by atoms with Gasteiger partial charge in [0.25, 0.3) is 5.91 Å². The van der Waals surface area contributed by atoms with E-state index < -0.39 is 17.6 Å². The number of nitrogens with zero attached hydrogens (tertiary/aromatic N) is 4. The summed E-state index contributed by atoms with van der Waals surface area (Å²) in [7, 11) is 0. The SMILES string of the molecule is C=C/N=C1/C=NC(NC2CCOC2)=N/C1=C(/N)Nc1cc(C(=O)Nc2cc(C(F)(F)F)ccn2)ccc1C. The van der Waals surface area contributed by atoms with Crippen molar-refractivity contribution in [2.24, 2.45) is 20.7 Å². The van der Waals surface area contributed by atoms with Crippen molar-refractivity contribution in [1.82, 2.24) is 10.3 Å². The Bertz CT molecular complexity index is 1360. The van der Waals surface area contributed by atoms with Gasteiger partial charge in [-0.05, 0) is 43.2 Å². The zero-order valence-electron chi connectivity index (χ0n) is 20.3. The first kappa shape index (κ1) is 26.5. The van der Waals surface area contributed by atoms with E-state index >= 15 is 0 Å². The maximum absolute atomic E-state index is 13.0. The van der Waals surface area contributed by atoms with E-state index in [1.807, 2.05) is 0 Å². The van der Waals surface area contributed by atoms with Crippen molar-refractivity contribution in [2.75, 3.05) is 23.8 Å². The number of rotatable bonds is 6. The molecule has 0 spiro atoms. The number of carbonyl (C=O) groups is 1. The number of carbonyl (C=O) groups excluding carboxylic acids is 1. The third kappa shape index (κ3) is 6.42. The van der Waals surface area contributed by atoms with Crippen LogP contribution in [0.2, 0.25) is 0 Å². The Morgan fingerprint density at radius 3 is 2.79 bits per heavy atom. The predicted octanol–water partition coefficient (Wildman–Crippen LogP) is 3.60. The van der Waals surface area contributed by atoms with Crippen molar-refractivity contribution in [3.05, 3.63) is 77.5 Å². The van der Waals surface area contributed by atoms with E-state index in [9.17, 15) is 18.0 Å². The van der Waals surface area contributed by atoms with Gasteiger partial charge >= 0.3 is 6.18 Å². The van der Waals surface area contributed by atoms with Crippen LogP contribution in [0.5, 0.6) is 0 Å². The first-order chi connectivity index (χ1) is 18.1. The van der Waals surface area contributed by atoms with Gasteiger partial charge < -0.3 is 26.4 Å². The summed E-state index contributed by atoms with van der Waals surface area (Å²) >= 11 is 0. The number of nitrogens with one attached hydrogen (secondary N) is 3. The molecule has 1 fully saturated rings. The van der Waals surface area contributed by atoms with Gasteiger partial charge in [0.1, 0.15) is 23.0 Å². The number of aryl methyl sites for hydroxylation is 1. The van der Waals surface area contributed by atoms with Gasteiger partial charge in [0, 0.05) is 30.3 Å². The molecule has 2 aromatic rings. The van der Waals surface area contributed by atoms with Gasteiger partial charge in [0.15, 0.2) is 0 Å². The monoisotopic (exact) mass is 526 g/mol. The summed E-state index contributed by atoms with van der Waals surface area (Å²) in [6.45, 7) is 6.60. The lowest BCUT2D eigenvalue weighted by molar-refractivity contribution is -0.137. The molecule has 2 aliphatic rings. The van der Waals surface area contributed by atoms with Gasteiger partial charge in [0.2, 0.25) is 5.96 Å². The molecule has 1 unspecified atom stereocenters. The number of hydrogen-bond acceptors (Lipinski definition) is 9. The zero-order chi connectivity index (χ0) is 27.3. The molecule has 198 valence electrons. The molecule has 0 aliphatic carbocycles. The molecule has 13 heteroatoms. The molecule has 5 N–H and O–H groups in total. The average Bonchev–Trinajstić information content (AvgIpc) is 3.39. The second kappa shape index (κ2) is 11.3. The van der Waals surface area contributed by atoms with Crippen LogP contribution in [0.4, 0.5) is 24.7 Å². The highest BCUT2D eigenvalue weighted by molar-refractivity contribution is 6.41. The largest absolute Gasteiger partial charge is 0.416 e. The maximum Gasteiger partial charge on any atom is 0.416 e. The van der Waals surface area contributed by atoms with E-state index in [-0.39, 0.29) is 23.2 Å². The van der Waals surface area contributed by atoms with Gasteiger partial charge in [-0.25, -0.2) is 15.0 Å². The minimum absolute atomic E-state index is 0.0722. The van der Waals surface area contributed by atoms with Crippen molar-refractivity contribution >= 4 is 35.3 Å². The van der Waals surface area contributed by atoms with Crippen molar-refractivity contribution in [3.63, 3.8) is 0 Å². The normalized spacial score (nSPS) is 19.6. The zero-order valence-corrected chi connectivity index (χ0v) is 20.3. The van der Waals surface area contributed by atoms with Crippen molar-refractivity contribution in [1.29, 1.82) is 0 Å². The lowest BCUT2D eigenvalue weighted by Crippen LogP contribution is -2.36. The minimum Gasteiger partial charge on any atom is -0.383 e. The molecular weight excluding hydrogens is 501 g/mol. The number of halogens is 3. The summed E-state index contributed by atoms with van der Waals surface area (Å²) in [5.74, 6) is -0.385. The van der Waals surface area contributed by atoms with Gasteiger partial charge in [0.05, 0.1) is 24.4 Å². The quantitative estimate of drug-likeness (QED) is 0.454. The number of amides is 1. The Hall–Kier alpha value is -4.52. The van der Waals surface area contributed by atoms with E-state index in [4.69, 9.17) is 10.5 Å². The highest BCUT2D eigenvalue weighted by Crippen LogP contribution is 2.30. The molecule has 1 atom stereocenters. The van der Waals surface area contributed by atoms with Crippen molar-refractivity contribution < 1.29 is 22.7 Å². The standard InChI is InChI=1S/C25H25F3N8O2/c1-3-30-19-12-32-24(33-17-7-9-38-13-17)36-21(19)22(29)34-18-10-15(5-4-14(18)2)23(37)35-20-11-16(6-8-31-20)25(26,27)28/h3-6,8,10-12,17,34H,1,7,9,13,29H2,2H3,(H,33,36)(H,31,35,37)/b22-21-,30-19-. The summed E-state index contributed by atoms with van der Waals surface area (Å²) in [6.07, 6.45) is 0.0846. The number of ether oxygens (including phenoxy) is 1. The summed E-state index contributed by atoms with van der Waals surface area (Å²) < 4.78 is 44.4. The minimum atomic E-state index is -4.56. The fraction of sp³-hybridized carbons (Fsp3) is 0.240. The average molecular weight is 527 g/mol. The van der Waals surface area contributed by atoms with Crippen LogP contribution in [0, 0.1) is 6.92 Å². The van der Waals surface area contributed by atoms with Crippen LogP contribution < -0.4 is 21.7 Å². The molecule has 0 bridgehead atoms. The van der Waals surface area contributed by atoms with Crippen LogP contribution in [0.1, 0.15) is 27.9 Å². The van der Waals surface area contributed by atoms with Gasteiger partial charge in [-0.2, -0.15) is 13.2 Å². The number of nitrogens with two attached hydrogens (primary N) is 1. The predicted molar refractivity (Wildman–Crippen MR) is 139 cm³/mol. The number of hydrogen-bond donors (Lipinski definition) is 4. The topological polar surface area (TPSA) is 138 Å². The summed E-state index contributed by atoms with van der Waals surface area (Å²) in [6, 6.07) is 6.39. The highest BCUT2D eigenvalue weighted by atomic mass is 19.4. The Labute approximate surface area is 216 Å². The number of alkyl halides is 3. The molecule has 38 heavy (non-hydrogen) atoms. The molecule has 10 nitrogen and oxygen atoms in total. The highest BCUT2D eigenvalue weighted by Gasteiger charge is 2.31. The van der Waals surface area contributed by atoms with Crippen LogP contribution in [-0.2, 0) is 10.9 Å². The number of guanidine groups is 1. The molecule has 3 heterocycles. The Morgan fingerprint density at radius 1 is 1.26 bits per heavy atom. The number of allylic oxidation sites excluding steroid dienone is 1. The first-order valence-electron chi connectivity index (χ1n) is 11.5. The number of aromatic nitrogens is 1. The lowest BCUT2D eigenvalue weighted by Gasteiger charge is -2.18. The molecule has 1 aromatic heterocycles. The second-order valence-electron chi connectivity index (χ2n) is 8.39. The fourth-order valence-corrected chi connectivity index (χ4v) is 3.63. The Kier molecular flexibility index (Phi) is 7.86. The molecule has 1 saturated heterocycles. The molecular formula is C25H25F3N8O2. The second-order valence-corrected chi connectivity index (χ2v) is 8.39. The van der Waals surface area contributed by atoms with Gasteiger partial charge in [-0.1, -0.05) is 12.6 Å². The van der Waals surface area contributed by atoms with E-state index in [0.29, 0.717) is 36.3 Å². The fourth-order valence-electron chi connectivity index (χ4n) is 3.63. The number of anilines is 2. The van der Waals surface area contributed by atoms with Crippen LogP contribution in [0.25, 0.3) is 0 Å². The Balaban J connectivity index is 1.57. The van der Waals surface area contributed by atoms with Crippen LogP contribution >= 0.6 is 0 Å². The van der Waals surface area contributed by atoms with E-state index in [1.165, 1.54) is 24.5 Å². The summed E-state index contributed by atoms with van der Waals surface area (Å²) in [5, 5.41) is 8.64. The first-order valence-corrected chi connectivity index (χ1v) is 11.5. The van der Waals surface area contributed by atoms with Crippen LogP contribution in [0.3, 0.4) is 0 Å². The molecule has 0 saturated carbocycles. The molecule has 1 aromatic carbocycles. The van der Waals surface area contributed by atoms with Crippen molar-refractivity contribution in [2.45, 2.75) is 25.6 Å². The molecule has 2 aliphatic heterocycles. The lowest BCUT2D eigenvalue weighted by atomic mass is 10.1. The van der Waals surface area contributed by atoms with Crippen molar-refractivity contribution in [3.8, 4) is 0 Å². The number of benzene rings is 1. The summed E-state index contributed by atoms with van der Waals surface area (Å²) in [4.78, 5) is 29.5. The van der Waals surface area contributed by atoms with E-state index in [1.54, 1.807) is 13.0 Å². The third-order valence-electron chi connectivity index (χ3n) is 5.62. The van der Waals surface area contributed by atoms with E-state index in [0.717, 1.165) is 30.3 Å². The number of aliphatic imine (C=N–C) groups is 3. The maximum atomic E-state index is 13.0. The van der Waals surface area contributed by atoms with E-state index in [2.05, 4.69) is 42.5 Å².